The second kappa shape index (κ2) is 14.1. The summed E-state index contributed by atoms with van der Waals surface area (Å²) >= 11 is 0. The molecule has 0 atom stereocenters. The molecule has 284 valence electrons. The molecule has 8 bridgehead atoms. The van der Waals surface area contributed by atoms with E-state index in [0.29, 0.717) is 31.4 Å². The Balaban J connectivity index is 1.95. The van der Waals surface area contributed by atoms with E-state index in [2.05, 4.69) is 132 Å². The SMILES string of the molecule is COc1c2cc(C(C)(C)C)cc1Cc1cc(C(C)(C)C)cc(c1OCC(=O)O)Cc1cc(C(C)(C)C)cc(c1O)Cc1cc(C(C)(C)C)cc(c1O)C2. The van der Waals surface area contributed by atoms with E-state index in [1.54, 1.807) is 7.11 Å². The Hall–Kier alpha value is -4.45. The number of phenolic OH excluding ortho intramolecular Hbond substituents is 2. The Morgan fingerprint density at radius 1 is 0.491 bits per heavy atom. The zero-order valence-electron chi connectivity index (χ0n) is 34.2. The van der Waals surface area contributed by atoms with Crippen molar-refractivity contribution in [2.45, 2.75) is 130 Å². The van der Waals surface area contributed by atoms with E-state index in [0.717, 1.165) is 72.5 Å². The molecule has 3 N–H and O–H groups in total. The van der Waals surface area contributed by atoms with Gasteiger partial charge in [0, 0.05) is 25.7 Å². The lowest BCUT2D eigenvalue weighted by molar-refractivity contribution is -0.139. The van der Waals surface area contributed by atoms with E-state index in [9.17, 15) is 20.1 Å². The first-order valence-corrected chi connectivity index (χ1v) is 18.8. The average Bonchev–Trinajstić information content (AvgIpc) is 3.01. The van der Waals surface area contributed by atoms with Gasteiger partial charge < -0.3 is 24.8 Å². The zero-order valence-corrected chi connectivity index (χ0v) is 34.2. The molecule has 4 aromatic carbocycles. The molecule has 6 nitrogen and oxygen atoms in total. The van der Waals surface area contributed by atoms with E-state index in [-0.39, 0.29) is 33.2 Å². The fraction of sp³-hybridized carbons (Fsp3) is 0.468. The maximum atomic E-state index is 12.1. The van der Waals surface area contributed by atoms with Crippen LogP contribution in [0, 0.1) is 0 Å². The normalized spacial score (nSPS) is 13.8. The maximum Gasteiger partial charge on any atom is 0.341 e. The number of hydrogen-bond acceptors (Lipinski definition) is 5. The molecule has 0 unspecified atom stereocenters. The highest BCUT2D eigenvalue weighted by atomic mass is 16.5. The van der Waals surface area contributed by atoms with Crippen LogP contribution in [0.1, 0.15) is 150 Å². The molecule has 5 rings (SSSR count). The van der Waals surface area contributed by atoms with Gasteiger partial charge in [-0.25, -0.2) is 4.79 Å². The summed E-state index contributed by atoms with van der Waals surface area (Å²) in [7, 11) is 1.69. The predicted molar refractivity (Wildman–Crippen MR) is 215 cm³/mol. The van der Waals surface area contributed by atoms with Crippen LogP contribution in [0.5, 0.6) is 23.0 Å². The second-order valence-electron chi connectivity index (χ2n) is 19.1. The highest BCUT2D eigenvalue weighted by molar-refractivity contribution is 5.69. The highest BCUT2D eigenvalue weighted by Crippen LogP contribution is 2.43. The fourth-order valence-corrected chi connectivity index (χ4v) is 7.23. The third-order valence-electron chi connectivity index (χ3n) is 10.6. The summed E-state index contributed by atoms with van der Waals surface area (Å²) in [4.78, 5) is 12.0. The average molecular weight is 721 g/mol. The van der Waals surface area contributed by atoms with Crippen molar-refractivity contribution in [2.75, 3.05) is 13.7 Å². The Morgan fingerprint density at radius 3 is 1.00 bits per heavy atom. The number of benzene rings is 4. The van der Waals surface area contributed by atoms with E-state index in [1.807, 2.05) is 0 Å². The van der Waals surface area contributed by atoms with E-state index >= 15 is 0 Å². The van der Waals surface area contributed by atoms with Gasteiger partial charge in [0.1, 0.15) is 23.0 Å². The number of aliphatic carboxylic acids is 1. The first-order chi connectivity index (χ1) is 24.4. The standard InChI is InChI=1S/C47H60O6/c1-44(2,3)35-18-27-14-28-19-36(45(4,5)6)21-30(41(28)51)16-33-24-38(47(10,11)12)25-34(43(33)53-26-39(48)49)17-32-23-37(46(7,8)9)22-31(42(32)52-13)15-29(20-35)40(27)50/h18-25,50-51H,14-17,26H2,1-13H3,(H,48,49). The minimum absolute atomic E-state index is 0.167. The molecule has 0 aliphatic heterocycles. The van der Waals surface area contributed by atoms with Gasteiger partial charge in [-0.1, -0.05) is 132 Å². The highest BCUT2D eigenvalue weighted by Gasteiger charge is 2.28. The van der Waals surface area contributed by atoms with Crippen molar-refractivity contribution in [1.29, 1.82) is 0 Å². The molecule has 6 heteroatoms. The van der Waals surface area contributed by atoms with Crippen molar-refractivity contribution in [3.05, 3.63) is 115 Å². The first kappa shape index (κ1) is 39.8. The number of rotatable bonds is 4. The number of ether oxygens (including phenoxy) is 2. The van der Waals surface area contributed by atoms with E-state index < -0.39 is 12.6 Å². The zero-order chi connectivity index (χ0) is 39.4. The van der Waals surface area contributed by atoms with Gasteiger partial charge in [-0.3, -0.25) is 0 Å². The summed E-state index contributed by atoms with van der Waals surface area (Å²) in [6.07, 6.45) is 1.49. The lowest BCUT2D eigenvalue weighted by atomic mass is 9.79. The van der Waals surface area contributed by atoms with Crippen LogP contribution in [-0.2, 0) is 52.1 Å². The maximum absolute atomic E-state index is 12.1. The Labute approximate surface area is 317 Å². The summed E-state index contributed by atoms with van der Waals surface area (Å²) in [5, 5.41) is 34.0. The van der Waals surface area contributed by atoms with Crippen molar-refractivity contribution in [2.24, 2.45) is 0 Å². The number of hydrogen-bond donors (Lipinski definition) is 3. The van der Waals surface area contributed by atoms with Gasteiger partial charge in [-0.2, -0.15) is 0 Å². The molecule has 0 aromatic heterocycles. The van der Waals surface area contributed by atoms with Crippen molar-refractivity contribution in [1.82, 2.24) is 0 Å². The second-order valence-corrected chi connectivity index (χ2v) is 19.1. The molecule has 0 saturated carbocycles. The largest absolute Gasteiger partial charge is 0.507 e. The Bertz CT molecular complexity index is 2040. The summed E-state index contributed by atoms with van der Waals surface area (Å²) in [5.74, 6) is 0.574. The number of aromatic hydroxyl groups is 2. The third kappa shape index (κ3) is 8.69. The molecular formula is C47H60O6. The smallest absolute Gasteiger partial charge is 0.341 e. The van der Waals surface area contributed by atoms with Crippen molar-refractivity contribution < 1.29 is 29.6 Å². The van der Waals surface area contributed by atoms with Crippen LogP contribution in [0.15, 0.2) is 48.5 Å². The van der Waals surface area contributed by atoms with Gasteiger partial charge >= 0.3 is 5.97 Å². The molecule has 0 spiro atoms. The molecule has 4 aromatic rings. The number of carboxylic acids is 1. The number of methoxy groups -OCH3 is 1. The lowest BCUT2D eigenvalue weighted by Gasteiger charge is -2.28. The van der Waals surface area contributed by atoms with Crippen LogP contribution in [0.2, 0.25) is 0 Å². The van der Waals surface area contributed by atoms with Gasteiger partial charge in [0.15, 0.2) is 6.61 Å². The first-order valence-electron chi connectivity index (χ1n) is 18.8. The van der Waals surface area contributed by atoms with Crippen LogP contribution in [0.4, 0.5) is 0 Å². The number of fused-ring (bicyclic) bond motifs is 8. The molecule has 0 saturated heterocycles. The Kier molecular flexibility index (Phi) is 10.6. The molecule has 0 amide bonds. The minimum atomic E-state index is -1.06. The van der Waals surface area contributed by atoms with Gasteiger partial charge in [-0.05, 0) is 88.4 Å². The molecule has 0 heterocycles. The number of carbonyl (C=O) groups is 1. The summed E-state index contributed by atoms with van der Waals surface area (Å²) in [6, 6.07) is 16.9. The van der Waals surface area contributed by atoms with Gasteiger partial charge in [-0.15, -0.1) is 0 Å². The topological polar surface area (TPSA) is 96.2 Å². The summed E-state index contributed by atoms with van der Waals surface area (Å²) < 4.78 is 12.5. The van der Waals surface area contributed by atoms with Gasteiger partial charge in [0.25, 0.3) is 0 Å². The van der Waals surface area contributed by atoms with E-state index in [1.165, 1.54) is 0 Å². The van der Waals surface area contributed by atoms with E-state index in [4.69, 9.17) is 9.47 Å². The van der Waals surface area contributed by atoms with Crippen molar-refractivity contribution in [3.63, 3.8) is 0 Å². The molecule has 0 fully saturated rings. The quantitative estimate of drug-likeness (QED) is 0.171. The molecule has 1 aliphatic carbocycles. The van der Waals surface area contributed by atoms with Crippen molar-refractivity contribution in [3.8, 4) is 23.0 Å². The van der Waals surface area contributed by atoms with Crippen LogP contribution in [0.25, 0.3) is 0 Å². The number of carboxylic acid groups (broad SMARTS) is 1. The predicted octanol–water partition coefficient (Wildman–Crippen LogP) is 10.4. The monoisotopic (exact) mass is 720 g/mol. The minimum Gasteiger partial charge on any atom is -0.507 e. The molecule has 1 aliphatic rings. The molecular weight excluding hydrogens is 661 g/mol. The van der Waals surface area contributed by atoms with Crippen molar-refractivity contribution >= 4 is 5.97 Å². The lowest BCUT2D eigenvalue weighted by Crippen LogP contribution is -2.17. The number of phenols is 2. The van der Waals surface area contributed by atoms with Crippen LogP contribution < -0.4 is 9.47 Å². The fourth-order valence-electron chi connectivity index (χ4n) is 7.23. The van der Waals surface area contributed by atoms with Crippen LogP contribution >= 0.6 is 0 Å². The van der Waals surface area contributed by atoms with Crippen LogP contribution in [0.3, 0.4) is 0 Å². The summed E-state index contributed by atoms with van der Waals surface area (Å²) in [6.45, 7) is 25.6. The third-order valence-corrected chi connectivity index (χ3v) is 10.6. The summed E-state index contributed by atoms with van der Waals surface area (Å²) in [5.41, 5.74) is 10.1. The van der Waals surface area contributed by atoms with Crippen LogP contribution in [-0.4, -0.2) is 35.0 Å². The molecule has 53 heavy (non-hydrogen) atoms. The molecule has 0 radical (unpaired) electrons. The van der Waals surface area contributed by atoms with Gasteiger partial charge in [0.05, 0.1) is 7.11 Å². The Morgan fingerprint density at radius 2 is 0.736 bits per heavy atom. The van der Waals surface area contributed by atoms with Gasteiger partial charge in [0.2, 0.25) is 0 Å².